The van der Waals surface area contributed by atoms with Gasteiger partial charge in [0.25, 0.3) is 0 Å². The molecule has 0 atom stereocenters. The van der Waals surface area contributed by atoms with Gasteiger partial charge >= 0.3 is 8.60 Å². The summed E-state index contributed by atoms with van der Waals surface area (Å²) in [6.45, 7) is 24.8. The molecule has 4 heteroatoms. The van der Waals surface area contributed by atoms with E-state index in [1.54, 1.807) is 0 Å². The molecule has 0 aliphatic rings. The lowest BCUT2D eigenvalue weighted by atomic mass is 9.71. The van der Waals surface area contributed by atoms with E-state index in [0.717, 1.165) is 30.4 Å². The second-order valence-electron chi connectivity index (χ2n) is 13.4. The van der Waals surface area contributed by atoms with E-state index in [1.165, 1.54) is 33.4 Å². The van der Waals surface area contributed by atoms with Crippen LogP contribution in [0.5, 0.6) is 5.75 Å². The minimum Gasteiger partial charge on any atom is -0.427 e. The molecule has 0 aliphatic carbocycles. The standard InChI is InChI=1S/C36H51O3P/c1-12-34(6,7)29-20-18-26(22-24(29)4)32(27-19-21-30(25(5)23-27)35(8,9)13-2)28-16-15-17-31(39-40(37)38)33(28)36(10,11)14-3/h15-23,32,37-38H,12-14H2,1-11H3. The van der Waals surface area contributed by atoms with Gasteiger partial charge in [-0.3, -0.25) is 0 Å². The Morgan fingerprint density at radius 1 is 0.675 bits per heavy atom. The molecule has 0 heterocycles. The topological polar surface area (TPSA) is 49.7 Å². The summed E-state index contributed by atoms with van der Waals surface area (Å²) >= 11 is 0. The van der Waals surface area contributed by atoms with E-state index in [9.17, 15) is 9.79 Å². The van der Waals surface area contributed by atoms with Gasteiger partial charge in [-0.05, 0) is 94.4 Å². The zero-order chi connectivity index (χ0) is 30.0. The maximum Gasteiger partial charge on any atom is 0.391 e. The Labute approximate surface area is 245 Å². The van der Waals surface area contributed by atoms with Gasteiger partial charge in [0.2, 0.25) is 0 Å². The molecule has 0 saturated heterocycles. The molecule has 0 amide bonds. The van der Waals surface area contributed by atoms with Crippen LogP contribution in [-0.2, 0) is 16.2 Å². The summed E-state index contributed by atoms with van der Waals surface area (Å²) in [6, 6.07) is 20.0. The molecule has 40 heavy (non-hydrogen) atoms. The molecule has 218 valence electrons. The van der Waals surface area contributed by atoms with Gasteiger partial charge in [0.1, 0.15) is 5.75 Å². The van der Waals surface area contributed by atoms with Crippen LogP contribution >= 0.6 is 8.60 Å². The molecule has 0 radical (unpaired) electrons. The third kappa shape index (κ3) is 6.64. The van der Waals surface area contributed by atoms with E-state index < -0.39 is 8.60 Å². The van der Waals surface area contributed by atoms with Crippen LogP contribution in [0.3, 0.4) is 0 Å². The quantitative estimate of drug-likeness (QED) is 0.181. The van der Waals surface area contributed by atoms with Crippen LogP contribution in [0.1, 0.15) is 132 Å². The maximum absolute atomic E-state index is 9.86. The minimum atomic E-state index is -2.53. The lowest BCUT2D eigenvalue weighted by Gasteiger charge is -2.33. The second-order valence-corrected chi connectivity index (χ2v) is 14.0. The van der Waals surface area contributed by atoms with Crippen molar-refractivity contribution in [3.05, 3.63) is 99.1 Å². The van der Waals surface area contributed by atoms with Crippen molar-refractivity contribution in [2.75, 3.05) is 0 Å². The highest BCUT2D eigenvalue weighted by molar-refractivity contribution is 7.39. The SMILES string of the molecule is CCC(C)(C)c1ccc(C(c2ccc(C(C)(C)CC)c(C)c2)c2cccc(OP(O)O)c2C(C)(C)CC)cc1C. The first-order valence-electron chi connectivity index (χ1n) is 14.8. The van der Waals surface area contributed by atoms with E-state index in [1.807, 2.05) is 12.1 Å². The summed E-state index contributed by atoms with van der Waals surface area (Å²) in [7, 11) is -2.53. The van der Waals surface area contributed by atoms with Gasteiger partial charge in [-0.15, -0.1) is 0 Å². The van der Waals surface area contributed by atoms with Gasteiger partial charge in [0.15, 0.2) is 0 Å². The maximum atomic E-state index is 9.86. The van der Waals surface area contributed by atoms with Crippen molar-refractivity contribution in [3.8, 4) is 5.75 Å². The second kappa shape index (κ2) is 12.4. The minimum absolute atomic E-state index is 0.0389. The van der Waals surface area contributed by atoms with Gasteiger partial charge in [0, 0.05) is 11.5 Å². The van der Waals surface area contributed by atoms with E-state index in [4.69, 9.17) is 4.52 Å². The fraction of sp³-hybridized carbons (Fsp3) is 0.500. The highest BCUT2D eigenvalue weighted by Gasteiger charge is 2.32. The lowest BCUT2D eigenvalue weighted by molar-refractivity contribution is 0.366. The Balaban J connectivity index is 2.38. The van der Waals surface area contributed by atoms with Crippen molar-refractivity contribution in [2.24, 2.45) is 0 Å². The zero-order valence-electron chi connectivity index (χ0n) is 26.6. The smallest absolute Gasteiger partial charge is 0.391 e. The highest BCUT2D eigenvalue weighted by atomic mass is 31.2. The monoisotopic (exact) mass is 562 g/mol. The predicted molar refractivity (Wildman–Crippen MR) is 172 cm³/mol. The third-order valence-corrected chi connectivity index (χ3v) is 9.86. The Hall–Kier alpha value is -2.19. The van der Waals surface area contributed by atoms with E-state index in [-0.39, 0.29) is 22.2 Å². The molecule has 0 aromatic heterocycles. The predicted octanol–water partition coefficient (Wildman–Crippen LogP) is 10.1. The fourth-order valence-corrected chi connectivity index (χ4v) is 6.37. The number of benzene rings is 3. The molecular formula is C36H51O3P. The van der Waals surface area contributed by atoms with Crippen molar-refractivity contribution < 1.29 is 14.3 Å². The molecule has 3 aromatic rings. The van der Waals surface area contributed by atoms with Crippen molar-refractivity contribution >= 4 is 8.60 Å². The van der Waals surface area contributed by atoms with Crippen LogP contribution in [-0.4, -0.2) is 9.79 Å². The van der Waals surface area contributed by atoms with Crippen LogP contribution in [0.2, 0.25) is 0 Å². The van der Waals surface area contributed by atoms with Gasteiger partial charge in [-0.2, -0.15) is 0 Å². The molecule has 0 bridgehead atoms. The number of hydrogen-bond acceptors (Lipinski definition) is 3. The van der Waals surface area contributed by atoms with Crippen molar-refractivity contribution in [3.63, 3.8) is 0 Å². The Morgan fingerprint density at radius 3 is 1.50 bits per heavy atom. The Bertz CT molecular complexity index is 1250. The van der Waals surface area contributed by atoms with Crippen LogP contribution < -0.4 is 4.52 Å². The van der Waals surface area contributed by atoms with Crippen LogP contribution in [0.15, 0.2) is 54.6 Å². The van der Waals surface area contributed by atoms with Gasteiger partial charge < -0.3 is 14.3 Å². The number of aryl methyl sites for hydroxylation is 2. The van der Waals surface area contributed by atoms with Crippen molar-refractivity contribution in [2.45, 2.75) is 118 Å². The molecule has 0 aliphatic heterocycles. The first kappa shape index (κ1) is 32.3. The molecular weight excluding hydrogens is 511 g/mol. The molecule has 2 N–H and O–H groups in total. The van der Waals surface area contributed by atoms with Crippen LogP contribution in [0.25, 0.3) is 0 Å². The molecule has 3 aromatic carbocycles. The normalized spacial score (nSPS) is 12.9. The van der Waals surface area contributed by atoms with E-state index >= 15 is 0 Å². The first-order valence-corrected chi connectivity index (χ1v) is 16.0. The Kier molecular flexibility index (Phi) is 9.99. The summed E-state index contributed by atoms with van der Waals surface area (Å²) in [5.41, 5.74) is 9.96. The van der Waals surface area contributed by atoms with Gasteiger partial charge in [-0.1, -0.05) is 111 Å². The average molecular weight is 563 g/mol. The van der Waals surface area contributed by atoms with E-state index in [0.29, 0.717) is 5.75 Å². The van der Waals surface area contributed by atoms with E-state index in [2.05, 4.69) is 119 Å². The lowest BCUT2D eigenvalue weighted by Crippen LogP contribution is -2.22. The van der Waals surface area contributed by atoms with Crippen LogP contribution in [0.4, 0.5) is 0 Å². The molecule has 3 rings (SSSR count). The largest absolute Gasteiger partial charge is 0.427 e. The average Bonchev–Trinajstić information content (AvgIpc) is 2.88. The summed E-state index contributed by atoms with van der Waals surface area (Å²) in [5.74, 6) is 0.509. The molecule has 0 spiro atoms. The summed E-state index contributed by atoms with van der Waals surface area (Å²) < 4.78 is 5.68. The zero-order valence-corrected chi connectivity index (χ0v) is 27.5. The fourth-order valence-electron chi connectivity index (χ4n) is 6.04. The third-order valence-electron chi connectivity index (χ3n) is 9.50. The highest BCUT2D eigenvalue weighted by Crippen LogP contribution is 2.47. The molecule has 0 unspecified atom stereocenters. The Morgan fingerprint density at radius 2 is 1.12 bits per heavy atom. The van der Waals surface area contributed by atoms with Crippen molar-refractivity contribution in [1.82, 2.24) is 0 Å². The van der Waals surface area contributed by atoms with Gasteiger partial charge in [0.05, 0.1) is 0 Å². The first-order chi connectivity index (χ1) is 18.6. The summed E-state index contributed by atoms with van der Waals surface area (Å²) in [6.07, 6.45) is 3.03. The molecule has 3 nitrogen and oxygen atoms in total. The van der Waals surface area contributed by atoms with Crippen molar-refractivity contribution in [1.29, 1.82) is 0 Å². The van der Waals surface area contributed by atoms with Gasteiger partial charge in [-0.25, -0.2) is 0 Å². The molecule has 0 fully saturated rings. The molecule has 0 saturated carbocycles. The van der Waals surface area contributed by atoms with Crippen LogP contribution in [0, 0.1) is 13.8 Å². The summed E-state index contributed by atoms with van der Waals surface area (Å²) in [4.78, 5) is 19.7. The number of hydrogen-bond donors (Lipinski definition) is 2. The number of rotatable bonds is 11. The summed E-state index contributed by atoms with van der Waals surface area (Å²) in [5, 5.41) is 0.